The predicted octanol–water partition coefficient (Wildman–Crippen LogP) is 1.64. The molecule has 0 unspecified atom stereocenters. The summed E-state index contributed by atoms with van der Waals surface area (Å²) in [7, 11) is 0. The van der Waals surface area contributed by atoms with E-state index in [2.05, 4.69) is 0 Å². The van der Waals surface area contributed by atoms with Gasteiger partial charge in [-0.05, 0) is 23.7 Å². The Kier molecular flexibility index (Phi) is 2.32. The van der Waals surface area contributed by atoms with Crippen LogP contribution in [0.15, 0.2) is 18.2 Å². The van der Waals surface area contributed by atoms with Gasteiger partial charge in [0.15, 0.2) is 0 Å². The summed E-state index contributed by atoms with van der Waals surface area (Å²) in [6, 6.07) is 5.96. The highest BCUT2D eigenvalue weighted by atomic mass is 35.5. The monoisotopic (exact) mass is 181 g/mol. The zero-order valence-corrected chi connectivity index (χ0v) is 6.67. The van der Waals surface area contributed by atoms with Gasteiger partial charge >= 0.3 is 0 Å². The minimum Gasteiger partial charge on any atom is -0.506 e. The van der Waals surface area contributed by atoms with Gasteiger partial charge in [0.2, 0.25) is 0 Å². The summed E-state index contributed by atoms with van der Waals surface area (Å²) in [6.07, 6.45) is 0. The lowest BCUT2D eigenvalue weighted by atomic mass is 10.1. The van der Waals surface area contributed by atoms with Crippen LogP contribution in [0.4, 0.5) is 0 Å². The summed E-state index contributed by atoms with van der Waals surface area (Å²) >= 11 is 5.13. The van der Waals surface area contributed by atoms with Crippen LogP contribution in [-0.2, 0) is 0 Å². The molecule has 0 atom stereocenters. The Hall–Kier alpha value is -1.53. The van der Waals surface area contributed by atoms with Crippen molar-refractivity contribution in [2.45, 2.75) is 0 Å². The van der Waals surface area contributed by atoms with Gasteiger partial charge in [0.1, 0.15) is 11.8 Å². The van der Waals surface area contributed by atoms with Gasteiger partial charge in [-0.25, -0.2) is 0 Å². The lowest BCUT2D eigenvalue weighted by molar-refractivity contribution is 0.107. The van der Waals surface area contributed by atoms with E-state index in [0.717, 1.165) is 0 Å². The molecule has 0 aliphatic heterocycles. The number of nitriles is 1. The molecule has 0 spiro atoms. The Bertz CT molecular complexity index is 368. The molecule has 60 valence electrons. The molecule has 0 fully saturated rings. The molecule has 1 N–H and O–H groups in total. The van der Waals surface area contributed by atoms with E-state index in [0.29, 0.717) is 0 Å². The predicted molar refractivity (Wildman–Crippen MR) is 43.0 cm³/mol. The standard InChI is InChI=1S/C8H4ClNO2/c9-8(12)6-3-1-2-5(4-10)7(6)11/h1-3,11H. The van der Waals surface area contributed by atoms with Crippen molar-refractivity contribution in [1.82, 2.24) is 0 Å². The quantitative estimate of drug-likeness (QED) is 0.670. The summed E-state index contributed by atoms with van der Waals surface area (Å²) < 4.78 is 0. The van der Waals surface area contributed by atoms with E-state index in [1.165, 1.54) is 18.2 Å². The summed E-state index contributed by atoms with van der Waals surface area (Å²) in [6.45, 7) is 0. The van der Waals surface area contributed by atoms with Crippen LogP contribution in [0, 0.1) is 11.3 Å². The van der Waals surface area contributed by atoms with Crippen molar-refractivity contribution in [1.29, 1.82) is 5.26 Å². The molecular formula is C8H4ClNO2. The van der Waals surface area contributed by atoms with E-state index >= 15 is 0 Å². The van der Waals surface area contributed by atoms with Gasteiger partial charge in [-0.3, -0.25) is 4.79 Å². The molecule has 0 aliphatic rings. The Morgan fingerprint density at radius 1 is 1.58 bits per heavy atom. The van der Waals surface area contributed by atoms with Crippen molar-refractivity contribution in [3.05, 3.63) is 29.3 Å². The fourth-order valence-corrected chi connectivity index (χ4v) is 0.945. The van der Waals surface area contributed by atoms with Gasteiger partial charge in [-0.1, -0.05) is 6.07 Å². The van der Waals surface area contributed by atoms with E-state index in [9.17, 15) is 9.90 Å². The lowest BCUT2D eigenvalue weighted by Gasteiger charge is -1.98. The Balaban J connectivity index is 3.35. The van der Waals surface area contributed by atoms with Gasteiger partial charge in [0.05, 0.1) is 11.1 Å². The second-order valence-corrected chi connectivity index (χ2v) is 2.43. The maximum absolute atomic E-state index is 10.6. The molecule has 1 rings (SSSR count). The first kappa shape index (κ1) is 8.57. The third-order valence-corrected chi connectivity index (χ3v) is 1.57. The highest BCUT2D eigenvalue weighted by Crippen LogP contribution is 2.22. The highest BCUT2D eigenvalue weighted by molar-refractivity contribution is 6.68. The first-order chi connectivity index (χ1) is 5.66. The van der Waals surface area contributed by atoms with E-state index in [-0.39, 0.29) is 16.9 Å². The van der Waals surface area contributed by atoms with Gasteiger partial charge < -0.3 is 5.11 Å². The normalized spacial score (nSPS) is 9.00. The summed E-state index contributed by atoms with van der Waals surface area (Å²) in [5, 5.41) is 16.9. The molecule has 0 aromatic heterocycles. The van der Waals surface area contributed by atoms with Crippen LogP contribution in [-0.4, -0.2) is 10.3 Å². The number of carbonyl (C=O) groups is 1. The van der Waals surface area contributed by atoms with Gasteiger partial charge in [-0.2, -0.15) is 5.26 Å². The third kappa shape index (κ3) is 1.39. The topological polar surface area (TPSA) is 61.1 Å². The molecule has 0 heterocycles. The summed E-state index contributed by atoms with van der Waals surface area (Å²) in [5.41, 5.74) is -0.00258. The zero-order valence-electron chi connectivity index (χ0n) is 5.91. The van der Waals surface area contributed by atoms with Crippen molar-refractivity contribution < 1.29 is 9.90 Å². The largest absolute Gasteiger partial charge is 0.506 e. The van der Waals surface area contributed by atoms with Crippen molar-refractivity contribution in [2.75, 3.05) is 0 Å². The van der Waals surface area contributed by atoms with Crippen molar-refractivity contribution >= 4 is 16.8 Å². The number of aromatic hydroxyl groups is 1. The smallest absolute Gasteiger partial charge is 0.256 e. The van der Waals surface area contributed by atoms with Gasteiger partial charge in [0, 0.05) is 0 Å². The van der Waals surface area contributed by atoms with Crippen LogP contribution in [0.1, 0.15) is 15.9 Å². The molecule has 12 heavy (non-hydrogen) atoms. The van der Waals surface area contributed by atoms with Crippen molar-refractivity contribution in [2.24, 2.45) is 0 Å². The lowest BCUT2D eigenvalue weighted by Crippen LogP contribution is -1.90. The molecule has 0 amide bonds. The van der Waals surface area contributed by atoms with Crippen LogP contribution in [0.2, 0.25) is 0 Å². The number of para-hydroxylation sites is 1. The Morgan fingerprint density at radius 2 is 2.25 bits per heavy atom. The SMILES string of the molecule is N#Cc1cccc(C(=O)Cl)c1O. The molecule has 3 nitrogen and oxygen atoms in total. The number of halogens is 1. The fourth-order valence-electron chi connectivity index (χ4n) is 0.792. The van der Waals surface area contributed by atoms with Crippen LogP contribution in [0.25, 0.3) is 0 Å². The van der Waals surface area contributed by atoms with E-state index in [4.69, 9.17) is 16.9 Å². The molecular weight excluding hydrogens is 178 g/mol. The number of rotatable bonds is 1. The first-order valence-electron chi connectivity index (χ1n) is 3.08. The van der Waals surface area contributed by atoms with Crippen LogP contribution in [0.3, 0.4) is 0 Å². The second kappa shape index (κ2) is 3.24. The molecule has 4 heteroatoms. The molecule has 1 aromatic rings. The van der Waals surface area contributed by atoms with Crippen molar-refractivity contribution in [3.8, 4) is 11.8 Å². The maximum atomic E-state index is 10.6. The Morgan fingerprint density at radius 3 is 2.75 bits per heavy atom. The number of phenolic OH excluding ortho intramolecular Hbond substituents is 1. The van der Waals surface area contributed by atoms with E-state index in [1.807, 2.05) is 0 Å². The Labute approximate surface area is 73.8 Å². The number of hydrogen-bond donors (Lipinski definition) is 1. The van der Waals surface area contributed by atoms with Crippen molar-refractivity contribution in [3.63, 3.8) is 0 Å². The number of carbonyl (C=O) groups excluding carboxylic acids is 1. The summed E-state index contributed by atoms with van der Waals surface area (Å²) in [4.78, 5) is 10.6. The minimum absolute atomic E-state index is 0.0431. The zero-order chi connectivity index (χ0) is 9.14. The number of nitrogens with zero attached hydrogens (tertiary/aromatic N) is 1. The van der Waals surface area contributed by atoms with Crippen LogP contribution < -0.4 is 0 Å². The van der Waals surface area contributed by atoms with E-state index < -0.39 is 5.24 Å². The molecule has 0 aliphatic carbocycles. The number of phenols is 1. The fraction of sp³-hybridized carbons (Fsp3) is 0. The average molecular weight is 182 g/mol. The maximum Gasteiger partial charge on any atom is 0.256 e. The van der Waals surface area contributed by atoms with E-state index in [1.54, 1.807) is 6.07 Å². The average Bonchev–Trinajstić information content (AvgIpc) is 2.04. The highest BCUT2D eigenvalue weighted by Gasteiger charge is 2.10. The van der Waals surface area contributed by atoms with Gasteiger partial charge in [-0.15, -0.1) is 0 Å². The molecule has 0 saturated heterocycles. The summed E-state index contributed by atoms with van der Waals surface area (Å²) in [5.74, 6) is -0.361. The minimum atomic E-state index is -0.774. The molecule has 1 aromatic carbocycles. The molecule has 0 saturated carbocycles. The molecule has 0 bridgehead atoms. The van der Waals surface area contributed by atoms with Crippen LogP contribution >= 0.6 is 11.6 Å². The first-order valence-corrected chi connectivity index (χ1v) is 3.46. The number of hydrogen-bond acceptors (Lipinski definition) is 3. The van der Waals surface area contributed by atoms with Crippen LogP contribution in [0.5, 0.6) is 5.75 Å². The second-order valence-electron chi connectivity index (χ2n) is 2.09. The van der Waals surface area contributed by atoms with Gasteiger partial charge in [0.25, 0.3) is 5.24 Å². The third-order valence-electron chi connectivity index (χ3n) is 1.37. The number of benzene rings is 1. The molecule has 0 radical (unpaired) electrons.